The summed E-state index contributed by atoms with van der Waals surface area (Å²) in [5, 5.41) is 62.0. The number of aliphatic hydroxyl groups is 4. The first kappa shape index (κ1) is 30.4. The van der Waals surface area contributed by atoms with Gasteiger partial charge in [-0.25, -0.2) is 4.98 Å². The van der Waals surface area contributed by atoms with Gasteiger partial charge >= 0.3 is 0 Å². The average molecular weight is 652 g/mol. The number of ketones is 2. The number of fused-ring (bicyclic) bond motifs is 3. The second-order valence-corrected chi connectivity index (χ2v) is 12.9. The number of aromatic nitrogens is 1. The average Bonchev–Trinajstić information content (AvgIpc) is 3.53. The topological polar surface area (TPSA) is 203 Å². The number of nitrogens with two attached hydrogens (primary N) is 1. The molecule has 3 aliphatic carbocycles. The number of phenolic OH excluding ortho intramolecular Hbond substituents is 1. The van der Waals surface area contributed by atoms with Crippen molar-refractivity contribution in [1.29, 1.82) is 0 Å². The Labute approximate surface area is 272 Å². The van der Waals surface area contributed by atoms with Gasteiger partial charge in [0.25, 0.3) is 5.91 Å². The number of carbonyl (C=O) groups is 3. The number of amides is 1. The molecule has 1 heterocycles. The fraction of sp³-hybridized carbons (Fsp3) is 0.200. The summed E-state index contributed by atoms with van der Waals surface area (Å²) in [6.45, 7) is 1.68. The molecule has 11 nitrogen and oxygen atoms in total. The first-order valence-electron chi connectivity index (χ1n) is 14.8. The van der Waals surface area contributed by atoms with Crippen LogP contribution >= 0.6 is 11.3 Å². The number of Topliss-reactive ketones (excluding diaryl/α,β-unsaturated/α-hetero) is 2. The smallest absolute Gasteiger partial charge is 0.255 e. The summed E-state index contributed by atoms with van der Waals surface area (Å²) >= 11 is 1.29. The van der Waals surface area contributed by atoms with E-state index in [1.165, 1.54) is 11.3 Å². The standard InChI is InChI=1S/C35H29N3O8S/c1-15-19-11-12-21(37-34-38-22(14-47-34)18-9-7-17(8-10-18)16-5-3-2-4-6-16)29(41)25(19)30(42)27-24(15)28(40)20-13-23(39)26(33(36)45)31(43)35(20,46)32(27)44/h2-12,14-15,20,24,28,40-43,46H,13H2,1H3,(H2,36,45)(H,37,38)/t15-,20+,24+,28+,35+/m0/s1. The predicted octanol–water partition coefficient (Wildman–Crippen LogP) is 4.49. The number of nitrogens with zero attached hydrogens (tertiary/aromatic N) is 1. The van der Waals surface area contributed by atoms with Gasteiger partial charge in [-0.05, 0) is 28.7 Å². The number of aliphatic hydroxyl groups excluding tert-OH is 3. The minimum Gasteiger partial charge on any atom is -0.508 e. The van der Waals surface area contributed by atoms with Crippen LogP contribution in [0.3, 0.4) is 0 Å². The first-order valence-corrected chi connectivity index (χ1v) is 15.7. The highest BCUT2D eigenvalue weighted by Gasteiger charge is 2.64. The van der Waals surface area contributed by atoms with E-state index in [0.29, 0.717) is 16.4 Å². The van der Waals surface area contributed by atoms with Crippen molar-refractivity contribution in [2.75, 3.05) is 5.32 Å². The van der Waals surface area contributed by atoms with Crippen LogP contribution in [0.15, 0.2) is 89.0 Å². The SMILES string of the molecule is C[C@H]1c2ccc(Nc3nc(-c4ccc(-c5ccccc5)cc4)cs3)c(O)c2C(O)=C2C(=O)[C@]3(O)C(O)=C(C(N)=O)C(=O)C[C@@H]3[C@@H](O)[C@@H]21. The molecule has 3 aliphatic rings. The van der Waals surface area contributed by atoms with Crippen molar-refractivity contribution >= 4 is 45.4 Å². The number of primary amides is 1. The number of carbonyl (C=O) groups excluding carboxylic acids is 3. The highest BCUT2D eigenvalue weighted by Crippen LogP contribution is 2.56. The Kier molecular flexibility index (Phi) is 7.04. The van der Waals surface area contributed by atoms with E-state index in [9.17, 15) is 39.9 Å². The number of thiazole rings is 1. The first-order chi connectivity index (χ1) is 22.4. The lowest BCUT2D eigenvalue weighted by atomic mass is 9.55. The lowest BCUT2D eigenvalue weighted by Crippen LogP contribution is -2.63. The Bertz CT molecular complexity index is 2050. The summed E-state index contributed by atoms with van der Waals surface area (Å²) in [6.07, 6.45) is -2.22. The molecule has 0 radical (unpaired) electrons. The van der Waals surface area contributed by atoms with Gasteiger partial charge in [0.05, 0.1) is 23.0 Å². The van der Waals surface area contributed by atoms with Crippen molar-refractivity contribution in [3.8, 4) is 28.1 Å². The molecule has 7 rings (SSSR count). The van der Waals surface area contributed by atoms with Gasteiger partial charge < -0.3 is 36.6 Å². The zero-order valence-electron chi connectivity index (χ0n) is 24.8. The van der Waals surface area contributed by atoms with Gasteiger partial charge in [-0.3, -0.25) is 14.4 Å². The van der Waals surface area contributed by atoms with E-state index < -0.39 is 81.8 Å². The van der Waals surface area contributed by atoms with Crippen LogP contribution in [0.4, 0.5) is 10.8 Å². The molecule has 238 valence electrons. The summed E-state index contributed by atoms with van der Waals surface area (Å²) in [5.41, 5.74) is 5.21. The molecule has 8 N–H and O–H groups in total. The normalized spacial score (nSPS) is 25.3. The van der Waals surface area contributed by atoms with E-state index in [2.05, 4.69) is 10.3 Å². The van der Waals surface area contributed by atoms with Crippen LogP contribution in [0, 0.1) is 11.8 Å². The molecular formula is C35H29N3O8S. The second kappa shape index (κ2) is 10.9. The molecule has 1 fully saturated rings. The number of phenols is 1. The maximum atomic E-state index is 13.9. The van der Waals surface area contributed by atoms with Gasteiger partial charge in [-0.15, -0.1) is 11.3 Å². The van der Waals surface area contributed by atoms with E-state index in [-0.39, 0.29) is 11.3 Å². The molecule has 4 aromatic rings. The van der Waals surface area contributed by atoms with Crippen LogP contribution in [0.1, 0.15) is 30.4 Å². The number of nitrogens with one attached hydrogen (secondary N) is 1. The molecule has 0 aliphatic heterocycles. The molecule has 47 heavy (non-hydrogen) atoms. The van der Waals surface area contributed by atoms with Gasteiger partial charge in [0.15, 0.2) is 16.5 Å². The van der Waals surface area contributed by atoms with Gasteiger partial charge in [-0.1, -0.05) is 67.6 Å². The summed E-state index contributed by atoms with van der Waals surface area (Å²) in [5.74, 6) is -9.10. The van der Waals surface area contributed by atoms with Crippen molar-refractivity contribution in [2.24, 2.45) is 17.6 Å². The quantitative estimate of drug-likeness (QED) is 0.119. The van der Waals surface area contributed by atoms with Gasteiger partial charge in [-0.2, -0.15) is 0 Å². The van der Waals surface area contributed by atoms with Gasteiger partial charge in [0.1, 0.15) is 22.8 Å². The molecule has 1 amide bonds. The molecule has 12 heteroatoms. The molecule has 5 atom stereocenters. The molecule has 0 saturated heterocycles. The number of anilines is 2. The molecule has 0 bridgehead atoms. The summed E-state index contributed by atoms with van der Waals surface area (Å²) in [7, 11) is 0. The second-order valence-electron chi connectivity index (χ2n) is 12.0. The van der Waals surface area contributed by atoms with Crippen LogP contribution < -0.4 is 11.1 Å². The Hall–Kier alpha value is -5.30. The maximum Gasteiger partial charge on any atom is 0.255 e. The van der Waals surface area contributed by atoms with Crippen LogP contribution in [0.25, 0.3) is 28.1 Å². The minimum absolute atomic E-state index is 0.102. The Morgan fingerprint density at radius 1 is 0.979 bits per heavy atom. The number of aromatic hydroxyl groups is 1. The van der Waals surface area contributed by atoms with E-state index >= 15 is 0 Å². The molecule has 1 saturated carbocycles. The third-order valence-corrected chi connectivity index (χ3v) is 10.3. The van der Waals surface area contributed by atoms with Crippen molar-refractivity contribution in [3.05, 3.63) is 100 Å². The van der Waals surface area contributed by atoms with Crippen LogP contribution in [-0.4, -0.2) is 59.7 Å². The maximum absolute atomic E-state index is 13.9. The highest BCUT2D eigenvalue weighted by molar-refractivity contribution is 7.14. The van der Waals surface area contributed by atoms with E-state index in [4.69, 9.17) is 5.73 Å². The lowest BCUT2D eigenvalue weighted by molar-refractivity contribution is -0.160. The van der Waals surface area contributed by atoms with Gasteiger partial charge in [0, 0.05) is 34.8 Å². The molecule has 3 aromatic carbocycles. The minimum atomic E-state index is -2.89. The lowest BCUT2D eigenvalue weighted by Gasteiger charge is -2.50. The van der Waals surface area contributed by atoms with Gasteiger partial charge in [0.2, 0.25) is 5.78 Å². The summed E-state index contributed by atoms with van der Waals surface area (Å²) < 4.78 is 0. The fourth-order valence-corrected chi connectivity index (χ4v) is 7.87. The van der Waals surface area contributed by atoms with Crippen LogP contribution in [0.5, 0.6) is 5.75 Å². The highest BCUT2D eigenvalue weighted by atomic mass is 32.1. The molecule has 0 spiro atoms. The molecule has 0 unspecified atom stereocenters. The zero-order chi connectivity index (χ0) is 33.4. The number of hydrogen-bond donors (Lipinski definition) is 7. The largest absolute Gasteiger partial charge is 0.508 e. The van der Waals surface area contributed by atoms with Crippen molar-refractivity contribution in [2.45, 2.75) is 31.0 Å². The van der Waals surface area contributed by atoms with Crippen molar-refractivity contribution in [3.63, 3.8) is 0 Å². The summed E-state index contributed by atoms with van der Waals surface area (Å²) in [6, 6.07) is 21.2. The van der Waals surface area contributed by atoms with Crippen LogP contribution in [-0.2, 0) is 14.4 Å². The number of hydrogen-bond acceptors (Lipinski definition) is 11. The number of rotatable bonds is 5. The Morgan fingerprint density at radius 2 is 1.64 bits per heavy atom. The molecular weight excluding hydrogens is 622 g/mol. The predicted molar refractivity (Wildman–Crippen MR) is 174 cm³/mol. The van der Waals surface area contributed by atoms with E-state index in [1.807, 2.05) is 60.0 Å². The summed E-state index contributed by atoms with van der Waals surface area (Å²) in [4.78, 5) is 43.1. The fourth-order valence-electron chi connectivity index (χ4n) is 7.14. The van der Waals surface area contributed by atoms with Crippen molar-refractivity contribution in [1.82, 2.24) is 4.98 Å². The third kappa shape index (κ3) is 4.48. The van der Waals surface area contributed by atoms with Crippen molar-refractivity contribution < 1.29 is 39.9 Å². The van der Waals surface area contributed by atoms with E-state index in [0.717, 1.165) is 16.7 Å². The Morgan fingerprint density at radius 3 is 2.32 bits per heavy atom. The number of benzene rings is 3. The Balaban J connectivity index is 1.23. The molecule has 1 aromatic heterocycles. The van der Waals surface area contributed by atoms with E-state index in [1.54, 1.807) is 19.1 Å². The monoisotopic (exact) mass is 651 g/mol. The zero-order valence-corrected chi connectivity index (χ0v) is 25.7. The van der Waals surface area contributed by atoms with Crippen LogP contribution in [0.2, 0.25) is 0 Å². The third-order valence-electron chi connectivity index (χ3n) is 9.53.